The Morgan fingerprint density at radius 3 is 1.58 bits per heavy atom. The predicted molar refractivity (Wildman–Crippen MR) is 282 cm³/mol. The van der Waals surface area contributed by atoms with Crippen LogP contribution >= 0.6 is 0 Å². The van der Waals surface area contributed by atoms with Gasteiger partial charge in [0.05, 0.1) is 24.5 Å². The number of carbonyl (C=O) groups is 7. The van der Waals surface area contributed by atoms with E-state index in [1.807, 2.05) is 56.3 Å². The standard InChI is InChI=1S/C30H28N6O4.C28H26FN5O3/c1-16-20(17(2)37)6-7-22-21(16)8-9-23(22)35-30(40)26-14-25(33-27-11-12-32-36(26)27)29(39)31-15-18-3-4-19-5-10-28(38)34-24(19)13-18;1-15-12-18(4-8-22(15)29)14-30-27(36)24-13-25(34-26(32-24)10-11-31-34)28(37)33-23-9-7-20-16(2)19(17(3)35)5-6-21(20)23/h3-4,6-7,11-14,23H,5,8-10,15H2,1-2H3,(H,31,39)(H,34,38)(H,35,40);4-6,8,10-13,23H,7,9,14H2,1-3H3,(H,30,36)(H,33,37)/t2*23-/m00/s1. The summed E-state index contributed by atoms with van der Waals surface area (Å²) in [7, 11) is 0. The lowest BCUT2D eigenvalue weighted by atomic mass is 9.96. The van der Waals surface area contributed by atoms with Gasteiger partial charge in [-0.3, -0.25) is 33.6 Å². The van der Waals surface area contributed by atoms with Gasteiger partial charge in [-0.2, -0.15) is 10.2 Å². The number of rotatable bonds is 12. The smallest absolute Gasteiger partial charge is 0.270 e. The number of Topliss-reactive ketones (excluding diaryl/α,β-unsaturated/α-hetero) is 2. The summed E-state index contributed by atoms with van der Waals surface area (Å²) in [6.07, 6.45) is 7.15. The summed E-state index contributed by atoms with van der Waals surface area (Å²) in [5, 5.41) is 23.1. The van der Waals surface area contributed by atoms with Gasteiger partial charge in [0.1, 0.15) is 28.6 Å². The van der Waals surface area contributed by atoms with E-state index in [0.29, 0.717) is 53.7 Å². The van der Waals surface area contributed by atoms with Gasteiger partial charge >= 0.3 is 0 Å². The molecular weight excluding hydrogens is 982 g/mol. The van der Waals surface area contributed by atoms with Crippen LogP contribution in [0.2, 0.25) is 0 Å². The van der Waals surface area contributed by atoms with Crippen molar-refractivity contribution in [3.8, 4) is 0 Å². The zero-order valence-corrected chi connectivity index (χ0v) is 43.0. The molecule has 77 heavy (non-hydrogen) atoms. The number of benzene rings is 4. The Morgan fingerprint density at radius 1 is 0.597 bits per heavy atom. The molecule has 4 aromatic heterocycles. The first kappa shape index (κ1) is 51.2. The summed E-state index contributed by atoms with van der Waals surface area (Å²) in [4.78, 5) is 97.2. The number of ketones is 2. The minimum atomic E-state index is -0.460. The van der Waals surface area contributed by atoms with Gasteiger partial charge in [-0.25, -0.2) is 23.4 Å². The Bertz CT molecular complexity index is 3790. The molecule has 5 amide bonds. The number of fused-ring (bicyclic) bond motifs is 5. The molecule has 18 nitrogen and oxygen atoms in total. The van der Waals surface area contributed by atoms with Crippen LogP contribution < -0.4 is 26.6 Å². The summed E-state index contributed by atoms with van der Waals surface area (Å²) in [6.45, 7) is 9.07. The average molecular weight is 1040 g/mol. The summed E-state index contributed by atoms with van der Waals surface area (Å²) < 4.78 is 16.4. The summed E-state index contributed by atoms with van der Waals surface area (Å²) in [5.74, 6) is -1.93. The molecule has 11 rings (SSSR count). The fourth-order valence-electron chi connectivity index (χ4n) is 10.6. The fraction of sp³-hybridized carbons (Fsp3) is 0.259. The first-order valence-corrected chi connectivity index (χ1v) is 25.3. The largest absolute Gasteiger partial charge is 0.347 e. The Labute approximate surface area is 441 Å². The van der Waals surface area contributed by atoms with Crippen molar-refractivity contribution in [2.75, 3.05) is 5.32 Å². The van der Waals surface area contributed by atoms with Crippen molar-refractivity contribution >= 4 is 58.1 Å². The number of hydrogen-bond donors (Lipinski definition) is 5. The lowest BCUT2D eigenvalue weighted by Crippen LogP contribution is -2.30. The number of nitrogens with one attached hydrogen (secondary N) is 5. The van der Waals surface area contributed by atoms with Crippen LogP contribution in [0.15, 0.2) is 97.3 Å². The van der Waals surface area contributed by atoms with Gasteiger partial charge in [-0.15, -0.1) is 0 Å². The molecule has 0 radical (unpaired) electrons. The lowest BCUT2D eigenvalue weighted by molar-refractivity contribution is -0.116. The van der Waals surface area contributed by atoms with Gasteiger partial charge in [-0.05, 0) is 134 Å². The van der Waals surface area contributed by atoms with E-state index in [9.17, 15) is 38.0 Å². The van der Waals surface area contributed by atoms with Gasteiger partial charge in [0, 0.05) is 60.6 Å². The SMILES string of the molecule is CC(=O)c1ccc2c(c1C)CC[C@@H]2NC(=O)c1cc(C(=O)NCc2ccc(F)c(C)c2)nc2ccnn12.CC(=O)c1ccc2c(c1C)CC[C@@H]2NC(=O)c1cc(C(=O)NCc2ccc3c(c2)NC(=O)CC3)nc2ccnn12. The Hall–Kier alpha value is -9.26. The quantitative estimate of drug-likeness (QED) is 0.0751. The van der Waals surface area contributed by atoms with E-state index in [0.717, 1.165) is 68.6 Å². The highest BCUT2D eigenvalue weighted by atomic mass is 19.1. The van der Waals surface area contributed by atoms with Gasteiger partial charge in [0.15, 0.2) is 22.9 Å². The van der Waals surface area contributed by atoms with E-state index in [4.69, 9.17) is 0 Å². The maximum Gasteiger partial charge on any atom is 0.270 e. The normalized spacial score (nSPS) is 15.1. The number of amides is 5. The first-order chi connectivity index (χ1) is 37.0. The van der Waals surface area contributed by atoms with E-state index in [2.05, 4.69) is 46.7 Å². The Kier molecular flexibility index (Phi) is 14.1. The third kappa shape index (κ3) is 10.4. The molecule has 0 unspecified atom stereocenters. The molecule has 0 fully saturated rings. The van der Waals surface area contributed by atoms with Crippen LogP contribution in [0.4, 0.5) is 10.1 Å². The molecule has 5 N–H and O–H groups in total. The van der Waals surface area contributed by atoms with Gasteiger partial charge in [0.2, 0.25) is 5.91 Å². The predicted octanol–water partition coefficient (Wildman–Crippen LogP) is 7.51. The van der Waals surface area contributed by atoms with Crippen molar-refractivity contribution in [3.05, 3.63) is 193 Å². The Morgan fingerprint density at radius 2 is 1.09 bits per heavy atom. The number of hydrogen-bond acceptors (Lipinski definition) is 11. The highest BCUT2D eigenvalue weighted by molar-refractivity contribution is 6.00. The van der Waals surface area contributed by atoms with Crippen molar-refractivity contribution in [1.82, 2.24) is 50.5 Å². The third-order valence-corrected chi connectivity index (χ3v) is 14.6. The third-order valence-electron chi connectivity index (χ3n) is 14.6. The van der Waals surface area contributed by atoms with Crippen LogP contribution in [-0.2, 0) is 37.1 Å². The van der Waals surface area contributed by atoms with Gasteiger partial charge in [0.25, 0.3) is 23.6 Å². The monoisotopic (exact) mass is 1040 g/mol. The second-order valence-electron chi connectivity index (χ2n) is 19.6. The number of halogens is 1. The van der Waals surface area contributed by atoms with Crippen molar-refractivity contribution < 1.29 is 38.0 Å². The van der Waals surface area contributed by atoms with Gasteiger partial charge < -0.3 is 26.6 Å². The Balaban J connectivity index is 0.000000175. The molecule has 0 bridgehead atoms. The van der Waals surface area contributed by atoms with Crippen LogP contribution in [0.25, 0.3) is 11.3 Å². The topological polar surface area (TPSA) is 240 Å². The molecule has 19 heteroatoms. The maximum atomic E-state index is 13.5. The van der Waals surface area contributed by atoms with Crippen LogP contribution in [0.1, 0.15) is 163 Å². The fourth-order valence-corrected chi connectivity index (χ4v) is 10.6. The maximum absolute atomic E-state index is 13.5. The number of nitrogens with zero attached hydrogens (tertiary/aromatic N) is 6. The molecule has 3 aliphatic rings. The number of anilines is 1. The average Bonchev–Trinajstić information content (AvgIpc) is 4.26. The van der Waals surface area contributed by atoms with Crippen molar-refractivity contribution in [2.24, 2.45) is 0 Å². The van der Waals surface area contributed by atoms with Crippen molar-refractivity contribution in [2.45, 2.75) is 98.3 Å². The molecule has 8 aromatic rings. The molecule has 4 aromatic carbocycles. The molecule has 1 aliphatic heterocycles. The molecule has 2 atom stereocenters. The van der Waals surface area contributed by atoms with Crippen LogP contribution in [-0.4, -0.2) is 70.3 Å². The molecule has 0 saturated heterocycles. The minimum absolute atomic E-state index is 0.0187. The highest BCUT2D eigenvalue weighted by Crippen LogP contribution is 2.36. The van der Waals surface area contributed by atoms with E-state index in [1.54, 1.807) is 45.0 Å². The van der Waals surface area contributed by atoms with Crippen LogP contribution in [0.5, 0.6) is 0 Å². The number of aryl methyl sites for hydroxylation is 2. The van der Waals surface area contributed by atoms with Crippen molar-refractivity contribution in [3.63, 3.8) is 0 Å². The highest BCUT2D eigenvalue weighted by Gasteiger charge is 2.31. The molecule has 2 aliphatic carbocycles. The molecule has 5 heterocycles. The minimum Gasteiger partial charge on any atom is -0.347 e. The summed E-state index contributed by atoms with van der Waals surface area (Å²) in [6, 6.07) is 23.5. The first-order valence-electron chi connectivity index (χ1n) is 25.3. The molecule has 0 saturated carbocycles. The number of carbonyl (C=O) groups excluding carboxylic acids is 7. The summed E-state index contributed by atoms with van der Waals surface area (Å²) >= 11 is 0. The van der Waals surface area contributed by atoms with E-state index in [-0.39, 0.29) is 83.1 Å². The lowest BCUT2D eigenvalue weighted by Gasteiger charge is -2.18. The van der Waals surface area contributed by atoms with Crippen LogP contribution in [0, 0.1) is 26.6 Å². The van der Waals surface area contributed by atoms with E-state index < -0.39 is 11.8 Å². The van der Waals surface area contributed by atoms with Crippen molar-refractivity contribution in [1.29, 1.82) is 0 Å². The zero-order chi connectivity index (χ0) is 54.2. The molecule has 390 valence electrons. The molecular formula is C58H54FN11O7. The van der Waals surface area contributed by atoms with Crippen LogP contribution in [0.3, 0.4) is 0 Å². The van der Waals surface area contributed by atoms with Gasteiger partial charge in [-0.1, -0.05) is 48.5 Å². The van der Waals surface area contributed by atoms with E-state index in [1.165, 1.54) is 39.6 Å². The molecule has 0 spiro atoms. The second kappa shape index (κ2) is 21.2. The van der Waals surface area contributed by atoms with E-state index >= 15 is 0 Å². The zero-order valence-electron chi connectivity index (χ0n) is 43.0. The number of aromatic nitrogens is 6. The second-order valence-corrected chi connectivity index (χ2v) is 19.6. The summed E-state index contributed by atoms with van der Waals surface area (Å²) in [5.41, 5.74) is 12.7.